The molecule has 2 heterocycles. The average Bonchev–Trinajstić information content (AvgIpc) is 2.50. The van der Waals surface area contributed by atoms with Gasteiger partial charge < -0.3 is 10.6 Å². The Morgan fingerprint density at radius 2 is 2.15 bits per heavy atom. The van der Waals surface area contributed by atoms with E-state index in [2.05, 4.69) is 47.1 Å². The van der Waals surface area contributed by atoms with Crippen LogP contribution >= 0.6 is 0 Å². The Balaban J connectivity index is 2.01. The summed E-state index contributed by atoms with van der Waals surface area (Å²) in [7, 11) is 0. The summed E-state index contributed by atoms with van der Waals surface area (Å²) in [4.78, 5) is 6.73. The van der Waals surface area contributed by atoms with Crippen molar-refractivity contribution in [2.45, 2.75) is 25.8 Å². The van der Waals surface area contributed by atoms with Crippen molar-refractivity contribution in [2.75, 3.05) is 18.0 Å². The lowest BCUT2D eigenvalue weighted by atomic mass is 9.96. The zero-order valence-electron chi connectivity index (χ0n) is 11.9. The molecule has 20 heavy (non-hydrogen) atoms. The van der Waals surface area contributed by atoms with Crippen molar-refractivity contribution in [2.24, 2.45) is 5.73 Å². The maximum Gasteiger partial charge on any atom is 0.0682 e. The molecule has 2 N–H and O–H groups in total. The van der Waals surface area contributed by atoms with E-state index in [1.54, 1.807) is 0 Å². The molecule has 0 fully saturated rings. The first-order chi connectivity index (χ1) is 9.81. The molecule has 3 heteroatoms. The summed E-state index contributed by atoms with van der Waals surface area (Å²) in [5, 5.41) is 0. The summed E-state index contributed by atoms with van der Waals surface area (Å²) in [6.45, 7) is 3.81. The number of rotatable bonds is 3. The number of aryl methyl sites for hydroxylation is 2. The summed E-state index contributed by atoms with van der Waals surface area (Å²) in [6, 6.07) is 10.9. The van der Waals surface area contributed by atoms with Crippen molar-refractivity contribution in [3.63, 3.8) is 0 Å². The second-order valence-corrected chi connectivity index (χ2v) is 5.41. The monoisotopic (exact) mass is 267 g/mol. The number of nitrogens with zero attached hydrogens (tertiary/aromatic N) is 2. The summed E-state index contributed by atoms with van der Waals surface area (Å²) < 4.78 is 0. The van der Waals surface area contributed by atoms with Crippen LogP contribution in [0, 0.1) is 6.92 Å². The van der Waals surface area contributed by atoms with E-state index in [9.17, 15) is 0 Å². The van der Waals surface area contributed by atoms with Crippen molar-refractivity contribution in [1.29, 1.82) is 0 Å². The third kappa shape index (κ3) is 2.29. The molecule has 0 spiro atoms. The van der Waals surface area contributed by atoms with E-state index >= 15 is 0 Å². The molecule has 3 rings (SSSR count). The standard InChI is InChI=1S/C17H21N3/c1-13-8-9-19-12-15(13)17(11-18)20-10-4-6-14-5-2-3-7-16(14)20/h2-3,5,7-9,12,17H,4,6,10-11,18H2,1H3. The van der Waals surface area contributed by atoms with Gasteiger partial charge in [-0.2, -0.15) is 0 Å². The highest BCUT2D eigenvalue weighted by Crippen LogP contribution is 2.34. The van der Waals surface area contributed by atoms with E-state index in [-0.39, 0.29) is 6.04 Å². The van der Waals surface area contributed by atoms with Gasteiger partial charge in [0.05, 0.1) is 6.04 Å². The number of para-hydroxylation sites is 1. The quantitative estimate of drug-likeness (QED) is 0.930. The van der Waals surface area contributed by atoms with Gasteiger partial charge in [0.25, 0.3) is 0 Å². The largest absolute Gasteiger partial charge is 0.363 e. The van der Waals surface area contributed by atoms with Crippen LogP contribution in [0.2, 0.25) is 0 Å². The molecule has 1 aromatic heterocycles. The maximum absolute atomic E-state index is 6.09. The predicted octanol–water partition coefficient (Wildman–Crippen LogP) is 2.84. The fourth-order valence-corrected chi connectivity index (χ4v) is 3.13. The SMILES string of the molecule is Cc1ccncc1C(CN)N1CCCc2ccccc21. The normalized spacial score (nSPS) is 15.8. The Kier molecular flexibility index (Phi) is 3.70. The van der Waals surface area contributed by atoms with Gasteiger partial charge in [-0.1, -0.05) is 18.2 Å². The molecule has 2 aromatic rings. The molecule has 1 aliphatic rings. The van der Waals surface area contributed by atoms with E-state index in [0.29, 0.717) is 6.54 Å². The molecule has 0 radical (unpaired) electrons. The number of fused-ring (bicyclic) bond motifs is 1. The van der Waals surface area contributed by atoms with Gasteiger partial charge >= 0.3 is 0 Å². The van der Waals surface area contributed by atoms with E-state index < -0.39 is 0 Å². The first-order valence-electron chi connectivity index (χ1n) is 7.26. The van der Waals surface area contributed by atoms with Crippen molar-refractivity contribution in [3.05, 3.63) is 59.4 Å². The highest BCUT2D eigenvalue weighted by Gasteiger charge is 2.25. The van der Waals surface area contributed by atoms with Gasteiger partial charge in [-0.25, -0.2) is 0 Å². The van der Waals surface area contributed by atoms with Gasteiger partial charge in [0.1, 0.15) is 0 Å². The van der Waals surface area contributed by atoms with Gasteiger partial charge in [-0.3, -0.25) is 4.98 Å². The third-order valence-corrected chi connectivity index (χ3v) is 4.18. The number of pyridine rings is 1. The lowest BCUT2D eigenvalue weighted by molar-refractivity contribution is 0.584. The molecule has 0 aliphatic carbocycles. The number of hydrogen-bond donors (Lipinski definition) is 1. The highest BCUT2D eigenvalue weighted by atomic mass is 15.2. The van der Waals surface area contributed by atoms with Crippen LogP contribution in [0.1, 0.15) is 29.2 Å². The third-order valence-electron chi connectivity index (χ3n) is 4.18. The number of benzene rings is 1. The van der Waals surface area contributed by atoms with Crippen LogP contribution in [-0.4, -0.2) is 18.1 Å². The van der Waals surface area contributed by atoms with E-state index in [0.717, 1.165) is 13.0 Å². The van der Waals surface area contributed by atoms with Crippen molar-refractivity contribution in [1.82, 2.24) is 4.98 Å². The molecule has 1 aromatic carbocycles. The van der Waals surface area contributed by atoms with Crippen LogP contribution in [0.25, 0.3) is 0 Å². The second-order valence-electron chi connectivity index (χ2n) is 5.41. The number of aromatic nitrogens is 1. The Bertz CT molecular complexity index is 594. The van der Waals surface area contributed by atoms with Crippen molar-refractivity contribution < 1.29 is 0 Å². The average molecular weight is 267 g/mol. The van der Waals surface area contributed by atoms with E-state index in [1.807, 2.05) is 12.4 Å². The van der Waals surface area contributed by atoms with Crippen LogP contribution in [0.15, 0.2) is 42.7 Å². The number of anilines is 1. The first-order valence-corrected chi connectivity index (χ1v) is 7.26. The summed E-state index contributed by atoms with van der Waals surface area (Å²) in [5.41, 5.74) is 11.4. The molecule has 0 saturated carbocycles. The smallest absolute Gasteiger partial charge is 0.0682 e. The zero-order chi connectivity index (χ0) is 13.9. The van der Waals surface area contributed by atoms with E-state index in [4.69, 9.17) is 5.73 Å². The summed E-state index contributed by atoms with van der Waals surface area (Å²) in [6.07, 6.45) is 6.16. The van der Waals surface area contributed by atoms with Crippen LogP contribution < -0.4 is 10.6 Å². The second kappa shape index (κ2) is 5.63. The minimum absolute atomic E-state index is 0.213. The fraction of sp³-hybridized carbons (Fsp3) is 0.353. The zero-order valence-corrected chi connectivity index (χ0v) is 11.9. The molecular weight excluding hydrogens is 246 g/mol. The van der Waals surface area contributed by atoms with Gasteiger partial charge in [0.15, 0.2) is 0 Å². The lowest BCUT2D eigenvalue weighted by Crippen LogP contribution is -2.37. The fourth-order valence-electron chi connectivity index (χ4n) is 3.13. The maximum atomic E-state index is 6.09. The number of hydrogen-bond acceptors (Lipinski definition) is 3. The van der Waals surface area contributed by atoms with Crippen molar-refractivity contribution >= 4 is 5.69 Å². The van der Waals surface area contributed by atoms with Crippen LogP contribution in [0.4, 0.5) is 5.69 Å². The molecule has 0 saturated heterocycles. The minimum atomic E-state index is 0.213. The Hall–Kier alpha value is -1.87. The van der Waals surface area contributed by atoms with Gasteiger partial charge in [0, 0.05) is 31.2 Å². The number of nitrogens with two attached hydrogens (primary N) is 1. The molecule has 1 unspecified atom stereocenters. The molecule has 1 aliphatic heterocycles. The van der Waals surface area contributed by atoms with Crippen LogP contribution in [-0.2, 0) is 6.42 Å². The van der Waals surface area contributed by atoms with Crippen molar-refractivity contribution in [3.8, 4) is 0 Å². The van der Waals surface area contributed by atoms with Crippen LogP contribution in [0.3, 0.4) is 0 Å². The Morgan fingerprint density at radius 1 is 1.30 bits per heavy atom. The molecule has 0 bridgehead atoms. The van der Waals surface area contributed by atoms with Gasteiger partial charge in [-0.15, -0.1) is 0 Å². The molecule has 3 nitrogen and oxygen atoms in total. The van der Waals surface area contributed by atoms with Crippen LogP contribution in [0.5, 0.6) is 0 Å². The van der Waals surface area contributed by atoms with E-state index in [1.165, 1.54) is 28.8 Å². The topological polar surface area (TPSA) is 42.1 Å². The van der Waals surface area contributed by atoms with Gasteiger partial charge in [0.2, 0.25) is 0 Å². The predicted molar refractivity (Wildman–Crippen MR) is 82.9 cm³/mol. The summed E-state index contributed by atoms with van der Waals surface area (Å²) >= 11 is 0. The summed E-state index contributed by atoms with van der Waals surface area (Å²) in [5.74, 6) is 0. The molecule has 104 valence electrons. The van der Waals surface area contributed by atoms with Gasteiger partial charge in [-0.05, 0) is 48.6 Å². The first kappa shape index (κ1) is 13.1. The molecular formula is C17H21N3. The Morgan fingerprint density at radius 3 is 2.95 bits per heavy atom. The minimum Gasteiger partial charge on any atom is -0.363 e. The Labute approximate surface area is 120 Å². The lowest BCUT2D eigenvalue weighted by Gasteiger charge is -2.38. The highest BCUT2D eigenvalue weighted by molar-refractivity contribution is 5.57. The molecule has 1 atom stereocenters. The molecule has 0 amide bonds.